The molecule has 29 heavy (non-hydrogen) atoms. The minimum atomic E-state index is -2.52. The summed E-state index contributed by atoms with van der Waals surface area (Å²) < 4.78 is 38.2. The Hall–Kier alpha value is -3.69. The quantitative estimate of drug-likeness (QED) is 0.487. The van der Waals surface area contributed by atoms with E-state index in [1.165, 1.54) is 12.1 Å². The molecule has 0 unspecified atom stereocenters. The fourth-order valence-electron chi connectivity index (χ4n) is 2.66. The monoisotopic (exact) mass is 398 g/mol. The lowest BCUT2D eigenvalue weighted by Crippen LogP contribution is -2.08. The molecule has 0 aliphatic carbocycles. The minimum Gasteiger partial charge on any atom is -0.470 e. The maximum atomic E-state index is 12.8. The molecule has 0 N–H and O–H groups in total. The van der Waals surface area contributed by atoms with E-state index in [1.807, 2.05) is 0 Å². The molecular formula is C19H16F2N6O2. The van der Waals surface area contributed by atoms with Gasteiger partial charge in [-0.2, -0.15) is 0 Å². The zero-order valence-corrected chi connectivity index (χ0v) is 15.6. The van der Waals surface area contributed by atoms with E-state index < -0.39 is 6.43 Å². The molecule has 3 heterocycles. The van der Waals surface area contributed by atoms with Crippen LogP contribution in [0.25, 0.3) is 17.1 Å². The Balaban J connectivity index is 1.49. The fraction of sp³-hybridized carbons (Fsp3) is 0.211. The largest absolute Gasteiger partial charge is 0.470 e. The van der Waals surface area contributed by atoms with Crippen molar-refractivity contribution in [3.8, 4) is 23.0 Å². The van der Waals surface area contributed by atoms with E-state index in [1.54, 1.807) is 49.0 Å². The smallest absolute Gasteiger partial charge is 0.263 e. The van der Waals surface area contributed by atoms with Crippen LogP contribution in [0.2, 0.25) is 0 Å². The van der Waals surface area contributed by atoms with Crippen LogP contribution in [0, 0.1) is 13.8 Å². The van der Waals surface area contributed by atoms with Crippen LogP contribution in [0.1, 0.15) is 29.3 Å². The van der Waals surface area contributed by atoms with E-state index in [-0.39, 0.29) is 12.2 Å². The van der Waals surface area contributed by atoms with Crippen molar-refractivity contribution in [2.45, 2.75) is 26.9 Å². The highest BCUT2D eigenvalue weighted by molar-refractivity contribution is 5.49. The van der Waals surface area contributed by atoms with E-state index in [2.05, 4.69) is 25.5 Å². The summed E-state index contributed by atoms with van der Waals surface area (Å²) in [6.07, 6.45) is -0.945. The summed E-state index contributed by atoms with van der Waals surface area (Å²) in [4.78, 5) is 4.02. The van der Waals surface area contributed by atoms with Crippen LogP contribution in [0.4, 0.5) is 8.78 Å². The van der Waals surface area contributed by atoms with Gasteiger partial charge in [0.1, 0.15) is 18.0 Å². The molecule has 0 bridgehead atoms. The van der Waals surface area contributed by atoms with Crippen LogP contribution in [0.3, 0.4) is 0 Å². The molecule has 148 valence electrons. The SMILES string of the molecule is Cc1ncc(-c2ccc(OCc3c(C)nnn3-c3ccc(C(F)F)cc3)nn2)o1. The van der Waals surface area contributed by atoms with Crippen LogP contribution < -0.4 is 4.74 Å². The summed E-state index contributed by atoms with van der Waals surface area (Å²) in [5, 5.41) is 16.2. The molecule has 10 heteroatoms. The number of benzene rings is 1. The number of rotatable bonds is 6. The Morgan fingerprint density at radius 3 is 2.45 bits per heavy atom. The third kappa shape index (κ3) is 3.96. The first-order chi connectivity index (χ1) is 14.0. The number of ether oxygens (including phenoxy) is 1. The van der Waals surface area contributed by atoms with E-state index in [9.17, 15) is 8.78 Å². The van der Waals surface area contributed by atoms with Crippen molar-refractivity contribution in [1.82, 2.24) is 30.2 Å². The Morgan fingerprint density at radius 1 is 1.03 bits per heavy atom. The molecule has 0 aliphatic rings. The number of aryl methyl sites for hydroxylation is 2. The first-order valence-electron chi connectivity index (χ1n) is 8.70. The zero-order valence-electron chi connectivity index (χ0n) is 15.6. The van der Waals surface area contributed by atoms with E-state index in [4.69, 9.17) is 9.15 Å². The predicted molar refractivity (Wildman–Crippen MR) is 97.7 cm³/mol. The zero-order chi connectivity index (χ0) is 20.4. The van der Waals surface area contributed by atoms with Crippen LogP contribution >= 0.6 is 0 Å². The summed E-state index contributed by atoms with van der Waals surface area (Å²) in [5.74, 6) is 1.37. The van der Waals surface area contributed by atoms with Gasteiger partial charge >= 0.3 is 0 Å². The molecular weight excluding hydrogens is 382 g/mol. The van der Waals surface area contributed by atoms with E-state index in [0.29, 0.717) is 40.3 Å². The second-order valence-corrected chi connectivity index (χ2v) is 6.21. The highest BCUT2D eigenvalue weighted by atomic mass is 19.3. The van der Waals surface area contributed by atoms with Gasteiger partial charge in [-0.25, -0.2) is 18.4 Å². The highest BCUT2D eigenvalue weighted by Gasteiger charge is 2.14. The van der Waals surface area contributed by atoms with Gasteiger partial charge in [0.25, 0.3) is 6.43 Å². The molecule has 0 saturated heterocycles. The summed E-state index contributed by atoms with van der Waals surface area (Å²) >= 11 is 0. The summed E-state index contributed by atoms with van der Waals surface area (Å²) in [6, 6.07) is 9.23. The third-order valence-corrected chi connectivity index (χ3v) is 4.22. The number of hydrogen-bond donors (Lipinski definition) is 0. The van der Waals surface area contributed by atoms with Gasteiger partial charge in [0.15, 0.2) is 11.7 Å². The Labute approximate surface area is 164 Å². The van der Waals surface area contributed by atoms with Crippen LogP contribution in [-0.4, -0.2) is 30.2 Å². The average molecular weight is 398 g/mol. The van der Waals surface area contributed by atoms with Crippen LogP contribution in [-0.2, 0) is 6.61 Å². The lowest BCUT2D eigenvalue weighted by Gasteiger charge is -2.09. The van der Waals surface area contributed by atoms with Crippen molar-refractivity contribution in [3.05, 3.63) is 65.4 Å². The number of nitrogens with zero attached hydrogens (tertiary/aromatic N) is 6. The fourth-order valence-corrected chi connectivity index (χ4v) is 2.66. The second kappa shape index (κ2) is 7.74. The normalized spacial score (nSPS) is 11.2. The molecule has 4 rings (SSSR count). The number of halogens is 2. The van der Waals surface area contributed by atoms with Crippen molar-refractivity contribution < 1.29 is 17.9 Å². The number of alkyl halides is 2. The van der Waals surface area contributed by atoms with E-state index >= 15 is 0 Å². The summed E-state index contributed by atoms with van der Waals surface area (Å²) in [5.41, 5.74) is 2.42. The van der Waals surface area contributed by atoms with Gasteiger partial charge in [-0.05, 0) is 25.1 Å². The summed E-state index contributed by atoms with van der Waals surface area (Å²) in [7, 11) is 0. The Kier molecular flexibility index (Phi) is 4.98. The summed E-state index contributed by atoms with van der Waals surface area (Å²) in [6.45, 7) is 3.66. The Bertz CT molecular complexity index is 1110. The maximum Gasteiger partial charge on any atom is 0.263 e. The highest BCUT2D eigenvalue weighted by Crippen LogP contribution is 2.22. The molecule has 8 nitrogen and oxygen atoms in total. The van der Waals surface area contributed by atoms with Crippen LogP contribution in [0.5, 0.6) is 5.88 Å². The second-order valence-electron chi connectivity index (χ2n) is 6.21. The molecule has 3 aromatic heterocycles. The molecule has 1 aromatic carbocycles. The number of oxazole rings is 1. The number of hydrogen-bond acceptors (Lipinski definition) is 7. The van der Waals surface area contributed by atoms with Gasteiger partial charge in [0, 0.05) is 18.6 Å². The van der Waals surface area contributed by atoms with Crippen LogP contribution in [0.15, 0.2) is 47.0 Å². The molecule has 0 spiro atoms. The van der Waals surface area contributed by atoms with Crippen molar-refractivity contribution in [2.24, 2.45) is 0 Å². The first-order valence-corrected chi connectivity index (χ1v) is 8.70. The van der Waals surface area contributed by atoms with Crippen molar-refractivity contribution in [2.75, 3.05) is 0 Å². The number of aromatic nitrogens is 6. The van der Waals surface area contributed by atoms with Gasteiger partial charge < -0.3 is 9.15 Å². The van der Waals surface area contributed by atoms with Gasteiger partial charge in [-0.3, -0.25) is 0 Å². The van der Waals surface area contributed by atoms with Gasteiger partial charge in [-0.1, -0.05) is 17.3 Å². The van der Waals surface area contributed by atoms with Gasteiger partial charge in [-0.15, -0.1) is 15.3 Å². The molecule has 0 radical (unpaired) electrons. The molecule has 4 aromatic rings. The Morgan fingerprint density at radius 2 is 1.83 bits per heavy atom. The molecule has 0 fully saturated rings. The van der Waals surface area contributed by atoms with Gasteiger partial charge in [0.05, 0.1) is 17.6 Å². The minimum absolute atomic E-state index is 0.0549. The van der Waals surface area contributed by atoms with E-state index in [0.717, 1.165) is 0 Å². The van der Waals surface area contributed by atoms with Crippen molar-refractivity contribution in [3.63, 3.8) is 0 Å². The topological polar surface area (TPSA) is 91.8 Å². The maximum absolute atomic E-state index is 12.8. The van der Waals surface area contributed by atoms with Gasteiger partial charge in [0.2, 0.25) is 5.88 Å². The molecule has 0 aliphatic heterocycles. The standard InChI is InChI=1S/C19H16F2N6O2/c1-11-16(27(26-23-11)14-5-3-13(4-6-14)19(20)21)10-28-18-8-7-15(24-25-18)17-9-22-12(2)29-17/h3-9,19H,10H2,1-2H3. The lowest BCUT2D eigenvalue weighted by molar-refractivity contribution is 0.151. The molecule has 0 atom stereocenters. The van der Waals surface area contributed by atoms with Crippen molar-refractivity contribution >= 4 is 0 Å². The first kappa shape index (κ1) is 18.7. The molecule has 0 amide bonds. The van der Waals surface area contributed by atoms with Crippen molar-refractivity contribution in [1.29, 1.82) is 0 Å². The molecule has 0 saturated carbocycles. The average Bonchev–Trinajstić information content (AvgIpc) is 3.32. The lowest BCUT2D eigenvalue weighted by atomic mass is 10.2. The third-order valence-electron chi connectivity index (χ3n) is 4.22. The predicted octanol–water partition coefficient (Wildman–Crippen LogP) is 3.85.